The summed E-state index contributed by atoms with van der Waals surface area (Å²) in [4.78, 5) is 32.2. The van der Waals surface area contributed by atoms with Crippen LogP contribution in [0, 0.1) is 0 Å². The monoisotopic (exact) mass is 682 g/mol. The van der Waals surface area contributed by atoms with Gasteiger partial charge in [-0.1, -0.05) is 47.2 Å². The summed E-state index contributed by atoms with van der Waals surface area (Å²) in [5.74, 6) is 1.14. The Balaban J connectivity index is 1.54. The van der Waals surface area contributed by atoms with E-state index < -0.39 is 12.0 Å². The lowest BCUT2D eigenvalue weighted by molar-refractivity contribution is -0.139. The molecule has 3 aromatic carbocycles. The maximum atomic E-state index is 14.0. The standard InChI is InChI=1S/C32H28BrClN2O6S/c1-5-41-31(38)28-18(2)35-32-36(29(28)21-9-13-25(39-3)26(16-21)40-4)30(37)27(43-32)15-20-8-12-24(23(33)14-20)42-17-19-6-10-22(34)11-7-19/h6-16,29H,5,17H2,1-4H3/b27-15-/t29-/m1/s1. The number of halogens is 2. The van der Waals surface area contributed by atoms with E-state index >= 15 is 0 Å². The second-order valence-electron chi connectivity index (χ2n) is 9.52. The number of carbonyl (C=O) groups excluding carboxylic acids is 1. The SMILES string of the molecule is CCOC(=O)C1=C(C)N=c2s/c(=C\c3ccc(OCc4ccc(Cl)cc4)c(Br)c3)c(=O)n2[C@@H]1c1ccc(OC)c(OC)c1. The minimum Gasteiger partial charge on any atom is -0.493 e. The smallest absolute Gasteiger partial charge is 0.338 e. The number of ether oxygens (including phenoxy) is 4. The second-order valence-corrected chi connectivity index (χ2v) is 11.8. The van der Waals surface area contributed by atoms with Gasteiger partial charge in [-0.15, -0.1) is 0 Å². The van der Waals surface area contributed by atoms with Crippen molar-refractivity contribution in [3.8, 4) is 17.2 Å². The van der Waals surface area contributed by atoms with Gasteiger partial charge in [-0.05, 0) is 88.9 Å². The highest BCUT2D eigenvalue weighted by Gasteiger charge is 2.34. The molecule has 0 fully saturated rings. The average molecular weight is 684 g/mol. The summed E-state index contributed by atoms with van der Waals surface area (Å²) in [5, 5.41) is 0.668. The Morgan fingerprint density at radius 3 is 2.44 bits per heavy atom. The number of methoxy groups -OCH3 is 2. The van der Waals surface area contributed by atoms with Gasteiger partial charge >= 0.3 is 5.97 Å². The molecule has 0 bridgehead atoms. The number of benzene rings is 3. The zero-order valence-electron chi connectivity index (χ0n) is 23.9. The van der Waals surface area contributed by atoms with E-state index in [0.717, 1.165) is 15.6 Å². The lowest BCUT2D eigenvalue weighted by atomic mass is 9.95. The number of fused-ring (bicyclic) bond motifs is 1. The van der Waals surface area contributed by atoms with Crippen LogP contribution in [-0.4, -0.2) is 31.4 Å². The molecule has 1 aromatic heterocycles. The molecule has 0 saturated carbocycles. The number of allylic oxidation sites excluding steroid dienone is 1. The number of carbonyl (C=O) groups is 1. The molecule has 1 aliphatic heterocycles. The van der Waals surface area contributed by atoms with Gasteiger partial charge in [0, 0.05) is 5.02 Å². The van der Waals surface area contributed by atoms with Crippen molar-refractivity contribution >= 4 is 50.9 Å². The molecule has 0 saturated heterocycles. The summed E-state index contributed by atoms with van der Waals surface area (Å²) in [5.41, 5.74) is 2.93. The van der Waals surface area contributed by atoms with Gasteiger partial charge in [-0.25, -0.2) is 9.79 Å². The first-order valence-corrected chi connectivity index (χ1v) is 15.3. The molecule has 4 aromatic rings. The Morgan fingerprint density at radius 2 is 1.77 bits per heavy atom. The van der Waals surface area contributed by atoms with Gasteiger partial charge in [0.05, 0.1) is 47.1 Å². The molecule has 0 unspecified atom stereocenters. The van der Waals surface area contributed by atoms with Crippen LogP contribution in [0.1, 0.15) is 36.6 Å². The zero-order chi connectivity index (χ0) is 30.7. The molecule has 43 heavy (non-hydrogen) atoms. The molecular weight excluding hydrogens is 656 g/mol. The van der Waals surface area contributed by atoms with Crippen LogP contribution in [-0.2, 0) is 16.1 Å². The summed E-state index contributed by atoms with van der Waals surface area (Å²) in [6, 6.07) is 17.6. The van der Waals surface area contributed by atoms with E-state index in [9.17, 15) is 9.59 Å². The largest absolute Gasteiger partial charge is 0.493 e. The van der Waals surface area contributed by atoms with Crippen molar-refractivity contribution in [2.75, 3.05) is 20.8 Å². The van der Waals surface area contributed by atoms with Crippen LogP contribution in [0.15, 0.2) is 86.2 Å². The van der Waals surface area contributed by atoms with Crippen molar-refractivity contribution in [2.24, 2.45) is 4.99 Å². The van der Waals surface area contributed by atoms with Crippen LogP contribution in [0.25, 0.3) is 6.08 Å². The van der Waals surface area contributed by atoms with Gasteiger partial charge in [0.1, 0.15) is 12.4 Å². The molecule has 0 radical (unpaired) electrons. The summed E-state index contributed by atoms with van der Waals surface area (Å²) < 4.78 is 25.0. The van der Waals surface area contributed by atoms with Crippen molar-refractivity contribution in [2.45, 2.75) is 26.5 Å². The molecule has 222 valence electrons. The number of nitrogens with zero attached hydrogens (tertiary/aromatic N) is 2. The first kappa shape index (κ1) is 30.6. The van der Waals surface area contributed by atoms with E-state index in [1.807, 2.05) is 42.5 Å². The zero-order valence-corrected chi connectivity index (χ0v) is 27.0. The van der Waals surface area contributed by atoms with Crippen LogP contribution in [0.5, 0.6) is 17.2 Å². The topological polar surface area (TPSA) is 88.4 Å². The van der Waals surface area contributed by atoms with Crippen LogP contribution in [0.4, 0.5) is 0 Å². The van der Waals surface area contributed by atoms with E-state index in [2.05, 4.69) is 20.9 Å². The lowest BCUT2D eigenvalue weighted by Gasteiger charge is -2.25. The predicted octanol–water partition coefficient (Wildman–Crippen LogP) is 5.81. The van der Waals surface area contributed by atoms with Crippen molar-refractivity contribution in [1.29, 1.82) is 0 Å². The van der Waals surface area contributed by atoms with Crippen LogP contribution >= 0.6 is 38.9 Å². The average Bonchev–Trinajstić information content (AvgIpc) is 3.30. The van der Waals surface area contributed by atoms with E-state index in [1.165, 1.54) is 23.0 Å². The van der Waals surface area contributed by atoms with Gasteiger partial charge in [-0.2, -0.15) is 0 Å². The molecule has 0 aliphatic carbocycles. The maximum Gasteiger partial charge on any atom is 0.338 e. The van der Waals surface area contributed by atoms with Gasteiger partial charge < -0.3 is 18.9 Å². The first-order chi connectivity index (χ1) is 20.7. The fourth-order valence-corrected chi connectivity index (χ4v) is 6.43. The van der Waals surface area contributed by atoms with Crippen LogP contribution in [0.2, 0.25) is 5.02 Å². The summed E-state index contributed by atoms with van der Waals surface area (Å²) in [6.07, 6.45) is 1.80. The molecular formula is C32H28BrClN2O6S. The van der Waals surface area contributed by atoms with Gasteiger partial charge in [0.2, 0.25) is 0 Å². The normalized spacial score (nSPS) is 14.7. The minimum atomic E-state index is -0.771. The molecule has 0 N–H and O–H groups in total. The molecule has 1 aliphatic rings. The Bertz CT molecular complexity index is 1900. The highest BCUT2D eigenvalue weighted by molar-refractivity contribution is 9.10. The Kier molecular flexibility index (Phi) is 9.39. The fourth-order valence-electron chi connectivity index (χ4n) is 4.75. The first-order valence-electron chi connectivity index (χ1n) is 13.3. The highest BCUT2D eigenvalue weighted by Crippen LogP contribution is 2.36. The molecule has 11 heteroatoms. The Labute approximate surface area is 265 Å². The third kappa shape index (κ3) is 6.41. The predicted molar refractivity (Wildman–Crippen MR) is 170 cm³/mol. The molecule has 5 rings (SSSR count). The fraction of sp³-hybridized carbons (Fsp3) is 0.219. The van der Waals surface area contributed by atoms with Gasteiger partial charge in [0.25, 0.3) is 5.56 Å². The lowest BCUT2D eigenvalue weighted by Crippen LogP contribution is -2.39. The third-order valence-electron chi connectivity index (χ3n) is 6.80. The number of rotatable bonds is 9. The van der Waals surface area contributed by atoms with E-state index in [1.54, 1.807) is 45.2 Å². The highest BCUT2D eigenvalue weighted by atomic mass is 79.9. The van der Waals surface area contributed by atoms with Crippen molar-refractivity contribution < 1.29 is 23.7 Å². The summed E-state index contributed by atoms with van der Waals surface area (Å²) >= 11 is 10.8. The van der Waals surface area contributed by atoms with Crippen molar-refractivity contribution in [3.05, 3.63) is 118 Å². The molecule has 0 spiro atoms. The molecule has 2 heterocycles. The number of hydrogen-bond donors (Lipinski definition) is 0. The second kappa shape index (κ2) is 13.2. The minimum absolute atomic E-state index is 0.187. The Morgan fingerprint density at radius 1 is 1.05 bits per heavy atom. The van der Waals surface area contributed by atoms with Gasteiger partial charge in [-0.3, -0.25) is 9.36 Å². The number of esters is 1. The number of thiazole rings is 1. The quantitative estimate of drug-likeness (QED) is 0.207. The number of aromatic nitrogens is 1. The third-order valence-corrected chi connectivity index (χ3v) is 8.66. The van der Waals surface area contributed by atoms with E-state index in [-0.39, 0.29) is 17.7 Å². The van der Waals surface area contributed by atoms with Crippen molar-refractivity contribution in [3.63, 3.8) is 0 Å². The van der Waals surface area contributed by atoms with E-state index in [0.29, 0.717) is 49.5 Å². The molecule has 1 atom stereocenters. The van der Waals surface area contributed by atoms with Crippen molar-refractivity contribution in [1.82, 2.24) is 4.57 Å². The summed E-state index contributed by atoms with van der Waals surface area (Å²) in [7, 11) is 3.08. The summed E-state index contributed by atoms with van der Waals surface area (Å²) in [6.45, 7) is 4.05. The van der Waals surface area contributed by atoms with Crippen LogP contribution < -0.4 is 29.1 Å². The Hall–Kier alpha value is -3.86. The number of hydrogen-bond acceptors (Lipinski definition) is 8. The molecule has 8 nitrogen and oxygen atoms in total. The van der Waals surface area contributed by atoms with E-state index in [4.69, 9.17) is 30.5 Å². The molecule has 0 amide bonds. The van der Waals surface area contributed by atoms with Gasteiger partial charge in [0.15, 0.2) is 16.3 Å². The maximum absolute atomic E-state index is 14.0. The van der Waals surface area contributed by atoms with Crippen LogP contribution in [0.3, 0.4) is 0 Å².